The number of aryl methyl sites for hydroxylation is 1. The number of hydrogen-bond acceptors (Lipinski definition) is 6. The van der Waals surface area contributed by atoms with Gasteiger partial charge in [0.25, 0.3) is 5.91 Å². The van der Waals surface area contributed by atoms with Crippen molar-refractivity contribution >= 4 is 11.9 Å². The first-order chi connectivity index (χ1) is 11.1. The highest BCUT2D eigenvalue weighted by molar-refractivity contribution is 5.96. The average molecular weight is 315 g/mol. The topological polar surface area (TPSA) is 99.0 Å². The number of ether oxygens (including phenoxy) is 1. The summed E-state index contributed by atoms with van der Waals surface area (Å²) in [7, 11) is 0. The Bertz CT molecular complexity index is 710. The standard InChI is InChI=1S/C15H17N5O3/c1-10-6-12(4-5-13(10)20-9-17-18-19-20)15(22)16-7-14(21)23-8-11-2-3-11/h4-6,9,11H,2-3,7-8H2,1H3,(H,16,22). The number of benzene rings is 1. The second-order valence-electron chi connectivity index (χ2n) is 5.56. The van der Waals surface area contributed by atoms with E-state index in [-0.39, 0.29) is 12.5 Å². The lowest BCUT2D eigenvalue weighted by Gasteiger charge is -2.08. The van der Waals surface area contributed by atoms with E-state index >= 15 is 0 Å². The highest BCUT2D eigenvalue weighted by Crippen LogP contribution is 2.28. The lowest BCUT2D eigenvalue weighted by Crippen LogP contribution is -2.31. The third-order valence-corrected chi connectivity index (χ3v) is 3.63. The number of tetrazole rings is 1. The number of aromatic nitrogens is 4. The van der Waals surface area contributed by atoms with Crippen LogP contribution in [0.5, 0.6) is 0 Å². The SMILES string of the molecule is Cc1cc(C(=O)NCC(=O)OCC2CC2)ccc1-n1cnnn1. The van der Waals surface area contributed by atoms with Crippen LogP contribution in [-0.2, 0) is 9.53 Å². The van der Waals surface area contributed by atoms with Crippen molar-refractivity contribution in [3.8, 4) is 5.69 Å². The van der Waals surface area contributed by atoms with Crippen LogP contribution >= 0.6 is 0 Å². The number of nitrogens with one attached hydrogen (secondary N) is 1. The molecule has 3 rings (SSSR count). The zero-order valence-electron chi connectivity index (χ0n) is 12.7. The average Bonchev–Trinajstić information content (AvgIpc) is 3.23. The summed E-state index contributed by atoms with van der Waals surface area (Å²) in [6.45, 7) is 2.19. The molecule has 0 radical (unpaired) electrons. The van der Waals surface area contributed by atoms with Crippen molar-refractivity contribution in [3.05, 3.63) is 35.7 Å². The lowest BCUT2D eigenvalue weighted by molar-refractivity contribution is -0.142. The van der Waals surface area contributed by atoms with Gasteiger partial charge in [-0.2, -0.15) is 0 Å². The molecule has 1 aliphatic rings. The van der Waals surface area contributed by atoms with Gasteiger partial charge in [-0.15, -0.1) is 5.10 Å². The smallest absolute Gasteiger partial charge is 0.325 e. The summed E-state index contributed by atoms with van der Waals surface area (Å²) < 4.78 is 6.58. The van der Waals surface area contributed by atoms with Crippen LogP contribution < -0.4 is 5.32 Å². The van der Waals surface area contributed by atoms with Crippen LogP contribution in [0, 0.1) is 12.8 Å². The summed E-state index contributed by atoms with van der Waals surface area (Å²) in [6, 6.07) is 5.14. The Hall–Kier alpha value is -2.77. The Labute approximate surface area is 132 Å². The molecule has 1 heterocycles. The molecule has 2 aromatic rings. The van der Waals surface area contributed by atoms with E-state index in [4.69, 9.17) is 4.74 Å². The quantitative estimate of drug-likeness (QED) is 0.786. The minimum absolute atomic E-state index is 0.126. The fourth-order valence-corrected chi connectivity index (χ4v) is 2.13. The number of rotatable bonds is 6. The molecule has 0 saturated heterocycles. The predicted octanol–water partition coefficient (Wildman–Crippen LogP) is 0.654. The second-order valence-corrected chi connectivity index (χ2v) is 5.56. The predicted molar refractivity (Wildman–Crippen MR) is 79.9 cm³/mol. The van der Waals surface area contributed by atoms with Crippen LogP contribution in [0.15, 0.2) is 24.5 Å². The van der Waals surface area contributed by atoms with E-state index in [0.29, 0.717) is 18.1 Å². The zero-order chi connectivity index (χ0) is 16.2. The maximum absolute atomic E-state index is 12.1. The number of amides is 1. The van der Waals surface area contributed by atoms with Crippen LogP contribution in [-0.4, -0.2) is 45.2 Å². The highest BCUT2D eigenvalue weighted by atomic mass is 16.5. The molecule has 1 fully saturated rings. The molecule has 8 nitrogen and oxygen atoms in total. The molecule has 1 amide bonds. The van der Waals surface area contributed by atoms with Gasteiger partial charge in [0.2, 0.25) is 0 Å². The van der Waals surface area contributed by atoms with Crippen LogP contribution in [0.1, 0.15) is 28.8 Å². The van der Waals surface area contributed by atoms with E-state index in [1.807, 2.05) is 6.92 Å². The van der Waals surface area contributed by atoms with Gasteiger partial charge in [0.1, 0.15) is 12.9 Å². The highest BCUT2D eigenvalue weighted by Gasteiger charge is 2.23. The lowest BCUT2D eigenvalue weighted by atomic mass is 10.1. The van der Waals surface area contributed by atoms with Crippen molar-refractivity contribution in [1.82, 2.24) is 25.5 Å². The van der Waals surface area contributed by atoms with Gasteiger partial charge in [0.05, 0.1) is 12.3 Å². The maximum Gasteiger partial charge on any atom is 0.325 e. The van der Waals surface area contributed by atoms with E-state index in [1.54, 1.807) is 18.2 Å². The monoisotopic (exact) mass is 315 g/mol. The van der Waals surface area contributed by atoms with E-state index in [9.17, 15) is 9.59 Å². The third-order valence-electron chi connectivity index (χ3n) is 3.63. The summed E-state index contributed by atoms with van der Waals surface area (Å²) in [5, 5.41) is 13.5. The van der Waals surface area contributed by atoms with Gasteiger partial charge in [-0.3, -0.25) is 9.59 Å². The van der Waals surface area contributed by atoms with E-state index in [1.165, 1.54) is 11.0 Å². The van der Waals surface area contributed by atoms with Crippen molar-refractivity contribution in [2.75, 3.05) is 13.2 Å². The molecule has 1 aliphatic carbocycles. The Morgan fingerprint density at radius 3 is 2.87 bits per heavy atom. The number of esters is 1. The van der Waals surface area contributed by atoms with E-state index in [0.717, 1.165) is 24.1 Å². The summed E-state index contributed by atoms with van der Waals surface area (Å²) in [5.41, 5.74) is 2.10. The van der Waals surface area contributed by atoms with Crippen molar-refractivity contribution in [2.24, 2.45) is 5.92 Å². The van der Waals surface area contributed by atoms with Gasteiger partial charge in [-0.1, -0.05) is 0 Å². The van der Waals surface area contributed by atoms with Crippen LogP contribution in [0.2, 0.25) is 0 Å². The summed E-state index contributed by atoms with van der Waals surface area (Å²) >= 11 is 0. The summed E-state index contributed by atoms with van der Waals surface area (Å²) in [4.78, 5) is 23.6. The molecular formula is C15H17N5O3. The Balaban J connectivity index is 1.56. The van der Waals surface area contributed by atoms with Crippen molar-refractivity contribution in [2.45, 2.75) is 19.8 Å². The molecule has 0 aliphatic heterocycles. The van der Waals surface area contributed by atoms with Gasteiger partial charge >= 0.3 is 5.97 Å². The molecule has 0 atom stereocenters. The normalized spacial score (nSPS) is 13.6. The van der Waals surface area contributed by atoms with Crippen molar-refractivity contribution in [1.29, 1.82) is 0 Å². The zero-order valence-corrected chi connectivity index (χ0v) is 12.7. The molecular weight excluding hydrogens is 298 g/mol. The fraction of sp³-hybridized carbons (Fsp3) is 0.400. The second kappa shape index (κ2) is 6.55. The molecule has 1 aromatic heterocycles. The van der Waals surface area contributed by atoms with Gasteiger partial charge in [-0.25, -0.2) is 4.68 Å². The Morgan fingerprint density at radius 1 is 1.39 bits per heavy atom. The minimum atomic E-state index is -0.410. The Morgan fingerprint density at radius 2 is 2.22 bits per heavy atom. The number of carbonyl (C=O) groups is 2. The van der Waals surface area contributed by atoms with Gasteiger partial charge < -0.3 is 10.1 Å². The largest absolute Gasteiger partial charge is 0.464 e. The van der Waals surface area contributed by atoms with Gasteiger partial charge in [-0.05, 0) is 59.9 Å². The number of nitrogens with zero attached hydrogens (tertiary/aromatic N) is 4. The molecule has 0 spiro atoms. The third kappa shape index (κ3) is 3.91. The molecule has 23 heavy (non-hydrogen) atoms. The molecule has 1 saturated carbocycles. The van der Waals surface area contributed by atoms with E-state index in [2.05, 4.69) is 20.8 Å². The molecule has 120 valence electrons. The molecule has 0 unspecified atom stereocenters. The van der Waals surface area contributed by atoms with Crippen LogP contribution in [0.4, 0.5) is 0 Å². The molecule has 1 aromatic carbocycles. The van der Waals surface area contributed by atoms with E-state index < -0.39 is 5.97 Å². The maximum atomic E-state index is 12.1. The summed E-state index contributed by atoms with van der Waals surface area (Å²) in [6.07, 6.45) is 3.72. The number of carbonyl (C=O) groups excluding carboxylic acids is 2. The van der Waals surface area contributed by atoms with Gasteiger partial charge in [0, 0.05) is 5.56 Å². The molecule has 0 bridgehead atoms. The van der Waals surface area contributed by atoms with Crippen molar-refractivity contribution < 1.29 is 14.3 Å². The first-order valence-corrected chi connectivity index (χ1v) is 7.41. The minimum Gasteiger partial charge on any atom is -0.464 e. The molecule has 1 N–H and O–H groups in total. The number of hydrogen-bond donors (Lipinski definition) is 1. The Kier molecular flexibility index (Phi) is 4.31. The van der Waals surface area contributed by atoms with Crippen LogP contribution in [0.25, 0.3) is 5.69 Å². The first kappa shape index (κ1) is 15.1. The van der Waals surface area contributed by atoms with Crippen molar-refractivity contribution in [3.63, 3.8) is 0 Å². The van der Waals surface area contributed by atoms with Crippen LogP contribution in [0.3, 0.4) is 0 Å². The fourth-order valence-electron chi connectivity index (χ4n) is 2.13. The first-order valence-electron chi connectivity index (χ1n) is 7.41. The van der Waals surface area contributed by atoms with Gasteiger partial charge in [0.15, 0.2) is 0 Å². The summed E-state index contributed by atoms with van der Waals surface area (Å²) in [5.74, 6) is -0.219. The molecule has 8 heteroatoms.